The fourth-order valence-corrected chi connectivity index (χ4v) is 3.14. The number of aromatic amines is 1. The molecule has 2 N–H and O–H groups in total. The molecular formula is C19H21N4OS+. The van der Waals surface area contributed by atoms with Gasteiger partial charge in [0.2, 0.25) is 12.2 Å². The number of benzene rings is 2. The molecule has 0 aliphatic rings. The third-order valence-corrected chi connectivity index (χ3v) is 4.71. The standard InChI is InChI=1S/C19H20N4OS/c1-14(2)15-8-10-16(11-9-15)22-18(24)12-25-19-20-13-21-23(19)17-6-4-3-5-7-17/h3-11,13-14H,12H2,1-2H3,(H,22,24)/p+1. The molecule has 3 rings (SSSR count). The molecule has 3 aromatic rings. The van der Waals surface area contributed by atoms with E-state index in [9.17, 15) is 4.79 Å². The van der Waals surface area contributed by atoms with Crippen LogP contribution in [0.2, 0.25) is 0 Å². The van der Waals surface area contributed by atoms with Gasteiger partial charge in [0.05, 0.1) is 5.75 Å². The molecule has 0 radical (unpaired) electrons. The number of carbonyl (C=O) groups is 1. The predicted octanol–water partition coefficient (Wildman–Crippen LogP) is 3.54. The number of anilines is 1. The molecular weight excluding hydrogens is 332 g/mol. The van der Waals surface area contributed by atoms with Gasteiger partial charge in [-0.1, -0.05) is 44.2 Å². The van der Waals surface area contributed by atoms with E-state index < -0.39 is 0 Å². The number of H-pyrrole nitrogens is 1. The number of thioether (sulfide) groups is 1. The van der Waals surface area contributed by atoms with Gasteiger partial charge < -0.3 is 5.32 Å². The van der Waals surface area contributed by atoms with Crippen LogP contribution in [0, 0.1) is 0 Å². The van der Waals surface area contributed by atoms with Gasteiger partial charge >= 0.3 is 5.16 Å². The Balaban J connectivity index is 1.59. The van der Waals surface area contributed by atoms with E-state index in [2.05, 4.69) is 29.2 Å². The van der Waals surface area contributed by atoms with Crippen molar-refractivity contribution in [2.45, 2.75) is 24.9 Å². The SMILES string of the molecule is CC(C)c1ccc(NC(=O)CSc2nc[nH][n+]2-c2ccccc2)cc1. The molecule has 2 aromatic carbocycles. The second-order valence-electron chi connectivity index (χ2n) is 5.95. The molecule has 6 heteroatoms. The molecule has 0 fully saturated rings. The largest absolute Gasteiger partial charge is 0.385 e. The quantitative estimate of drug-likeness (QED) is 0.526. The zero-order valence-corrected chi connectivity index (χ0v) is 15.1. The van der Waals surface area contributed by atoms with Crippen molar-refractivity contribution in [3.05, 3.63) is 66.5 Å². The summed E-state index contributed by atoms with van der Waals surface area (Å²) in [5.41, 5.74) is 3.05. The van der Waals surface area contributed by atoms with E-state index in [1.165, 1.54) is 17.3 Å². The maximum Gasteiger partial charge on any atom is 0.385 e. The third kappa shape index (κ3) is 4.48. The van der Waals surface area contributed by atoms with Gasteiger partial charge in [-0.05, 0) is 52.5 Å². The van der Waals surface area contributed by atoms with Crippen molar-refractivity contribution in [1.29, 1.82) is 0 Å². The number of para-hydroxylation sites is 1. The van der Waals surface area contributed by atoms with Crippen molar-refractivity contribution in [2.24, 2.45) is 0 Å². The van der Waals surface area contributed by atoms with E-state index in [0.717, 1.165) is 16.5 Å². The number of hydrogen-bond donors (Lipinski definition) is 2. The van der Waals surface area contributed by atoms with E-state index in [4.69, 9.17) is 0 Å². The highest BCUT2D eigenvalue weighted by molar-refractivity contribution is 7.99. The van der Waals surface area contributed by atoms with E-state index >= 15 is 0 Å². The Kier molecular flexibility index (Phi) is 5.50. The normalized spacial score (nSPS) is 10.8. The van der Waals surface area contributed by atoms with Gasteiger partial charge in [0, 0.05) is 5.69 Å². The highest BCUT2D eigenvalue weighted by Crippen LogP contribution is 2.18. The highest BCUT2D eigenvalue weighted by atomic mass is 32.2. The Labute approximate surface area is 151 Å². The van der Waals surface area contributed by atoms with Crippen LogP contribution in [-0.2, 0) is 4.79 Å². The van der Waals surface area contributed by atoms with Crippen LogP contribution >= 0.6 is 11.8 Å². The third-order valence-electron chi connectivity index (χ3n) is 3.76. The second kappa shape index (κ2) is 7.98. The molecule has 0 saturated carbocycles. The molecule has 0 aliphatic heterocycles. The van der Waals surface area contributed by atoms with Crippen LogP contribution in [0.1, 0.15) is 25.3 Å². The van der Waals surface area contributed by atoms with Crippen LogP contribution in [0.5, 0.6) is 0 Å². The van der Waals surface area contributed by atoms with Gasteiger partial charge in [0.15, 0.2) is 5.69 Å². The molecule has 1 aromatic heterocycles. The van der Waals surface area contributed by atoms with Crippen LogP contribution in [0.4, 0.5) is 5.69 Å². The monoisotopic (exact) mass is 353 g/mol. The number of hydrogen-bond acceptors (Lipinski definition) is 3. The van der Waals surface area contributed by atoms with Crippen LogP contribution in [0.25, 0.3) is 5.69 Å². The Morgan fingerprint density at radius 3 is 2.56 bits per heavy atom. The van der Waals surface area contributed by atoms with Crippen molar-refractivity contribution >= 4 is 23.4 Å². The summed E-state index contributed by atoms with van der Waals surface area (Å²) in [6.45, 7) is 4.30. The van der Waals surface area contributed by atoms with Crippen LogP contribution < -0.4 is 10.00 Å². The lowest BCUT2D eigenvalue weighted by Crippen LogP contribution is -2.35. The van der Waals surface area contributed by atoms with Crippen molar-refractivity contribution in [3.63, 3.8) is 0 Å². The number of nitrogens with one attached hydrogen (secondary N) is 2. The Bertz CT molecular complexity index is 828. The van der Waals surface area contributed by atoms with E-state index in [1.807, 2.05) is 59.3 Å². The molecule has 0 bridgehead atoms. The molecule has 128 valence electrons. The van der Waals surface area contributed by atoms with Crippen molar-refractivity contribution < 1.29 is 9.48 Å². The number of nitrogens with zero attached hydrogens (tertiary/aromatic N) is 2. The lowest BCUT2D eigenvalue weighted by atomic mass is 10.0. The molecule has 5 nitrogen and oxygen atoms in total. The summed E-state index contributed by atoms with van der Waals surface area (Å²) >= 11 is 1.39. The topological polar surface area (TPSA) is 61.7 Å². The maximum absolute atomic E-state index is 12.2. The first-order valence-electron chi connectivity index (χ1n) is 8.17. The molecule has 0 unspecified atom stereocenters. The lowest BCUT2D eigenvalue weighted by molar-refractivity contribution is -0.694. The van der Waals surface area contributed by atoms with Gasteiger partial charge in [-0.2, -0.15) is 5.10 Å². The summed E-state index contributed by atoms with van der Waals surface area (Å²) < 4.78 is 1.86. The molecule has 1 amide bonds. The average molecular weight is 353 g/mol. The lowest BCUT2D eigenvalue weighted by Gasteiger charge is -2.07. The zero-order chi connectivity index (χ0) is 17.6. The Hall–Kier alpha value is -2.60. The fourth-order valence-electron chi connectivity index (χ4n) is 2.40. The van der Waals surface area contributed by atoms with Crippen LogP contribution in [0.3, 0.4) is 0 Å². The zero-order valence-electron chi connectivity index (χ0n) is 14.3. The number of rotatable bonds is 6. The smallest absolute Gasteiger partial charge is 0.325 e. The van der Waals surface area contributed by atoms with Crippen molar-refractivity contribution in [3.8, 4) is 5.69 Å². The Morgan fingerprint density at radius 1 is 1.16 bits per heavy atom. The second-order valence-corrected chi connectivity index (χ2v) is 6.90. The summed E-state index contributed by atoms with van der Waals surface area (Å²) in [5.74, 6) is 0.724. The summed E-state index contributed by atoms with van der Waals surface area (Å²) in [4.78, 5) is 16.5. The number of carbonyl (C=O) groups excluding carboxylic acids is 1. The molecule has 0 aliphatic carbocycles. The van der Waals surface area contributed by atoms with Crippen molar-refractivity contribution in [2.75, 3.05) is 11.1 Å². The van der Waals surface area contributed by atoms with E-state index in [0.29, 0.717) is 11.7 Å². The van der Waals surface area contributed by atoms with Crippen molar-refractivity contribution in [1.82, 2.24) is 10.1 Å². The number of amides is 1. The van der Waals surface area contributed by atoms with E-state index in [-0.39, 0.29) is 5.91 Å². The highest BCUT2D eigenvalue weighted by Gasteiger charge is 2.18. The van der Waals surface area contributed by atoms with Crippen LogP contribution in [0.15, 0.2) is 66.1 Å². The molecule has 0 saturated heterocycles. The molecule has 1 heterocycles. The summed E-state index contributed by atoms with van der Waals surface area (Å²) in [6.07, 6.45) is 1.62. The molecule has 0 spiro atoms. The minimum atomic E-state index is -0.0510. The minimum absolute atomic E-state index is 0.0510. The van der Waals surface area contributed by atoms with E-state index in [1.54, 1.807) is 6.33 Å². The first-order valence-corrected chi connectivity index (χ1v) is 9.15. The fraction of sp³-hybridized carbons (Fsp3) is 0.211. The first kappa shape index (κ1) is 17.2. The maximum atomic E-state index is 12.2. The van der Waals surface area contributed by atoms with Gasteiger partial charge in [-0.15, -0.1) is 4.68 Å². The van der Waals surface area contributed by atoms with Gasteiger partial charge in [0.1, 0.15) is 0 Å². The summed E-state index contributed by atoms with van der Waals surface area (Å²) in [5, 5.41) is 6.73. The van der Waals surface area contributed by atoms with Crippen LogP contribution in [-0.4, -0.2) is 21.7 Å². The number of aromatic nitrogens is 3. The average Bonchev–Trinajstić information content (AvgIpc) is 3.10. The molecule has 0 atom stereocenters. The minimum Gasteiger partial charge on any atom is -0.325 e. The summed E-state index contributed by atoms with van der Waals surface area (Å²) in [7, 11) is 0. The van der Waals surface area contributed by atoms with Gasteiger partial charge in [-0.3, -0.25) is 4.79 Å². The van der Waals surface area contributed by atoms with Gasteiger partial charge in [0.25, 0.3) is 0 Å². The Morgan fingerprint density at radius 2 is 1.88 bits per heavy atom. The molecule has 25 heavy (non-hydrogen) atoms. The predicted molar refractivity (Wildman–Crippen MR) is 100 cm³/mol. The summed E-state index contributed by atoms with van der Waals surface area (Å²) in [6, 6.07) is 17.8. The van der Waals surface area contributed by atoms with Gasteiger partial charge in [-0.25, -0.2) is 0 Å². The first-order chi connectivity index (χ1) is 12.1.